The van der Waals surface area contributed by atoms with E-state index in [9.17, 15) is 8.78 Å². The van der Waals surface area contributed by atoms with Gasteiger partial charge in [-0.1, -0.05) is 32.6 Å². The molecule has 1 rings (SSSR count). The van der Waals surface area contributed by atoms with Crippen molar-refractivity contribution >= 4 is 0 Å². The lowest BCUT2D eigenvalue weighted by atomic mass is 9.80. The maximum absolute atomic E-state index is 14.1. The van der Waals surface area contributed by atoms with E-state index < -0.39 is 17.4 Å². The molecule has 2 unspecified atom stereocenters. The first kappa shape index (κ1) is 13.2. The van der Waals surface area contributed by atoms with Crippen LogP contribution in [0, 0.1) is 5.92 Å². The van der Waals surface area contributed by atoms with Gasteiger partial charge in [-0.05, 0) is 25.5 Å². The second kappa shape index (κ2) is 5.46. The van der Waals surface area contributed by atoms with E-state index in [4.69, 9.17) is 5.73 Å². The number of hydrogen-bond acceptors (Lipinski definition) is 1. The number of allylic oxidation sites excluding steroid dienone is 4. The molecule has 1 aliphatic carbocycles. The van der Waals surface area contributed by atoms with Crippen molar-refractivity contribution in [1.82, 2.24) is 0 Å². The smallest absolute Gasteiger partial charge is 0.167 e. The fraction of sp³-hybridized carbons (Fsp3) is 0.692. The Bertz CT molecular complexity index is 292. The Kier molecular flexibility index (Phi) is 4.51. The van der Waals surface area contributed by atoms with Crippen LogP contribution in [0.1, 0.15) is 46.0 Å². The molecule has 0 bridgehead atoms. The zero-order valence-corrected chi connectivity index (χ0v) is 10.1. The average Bonchev–Trinajstić information content (AvgIpc) is 2.23. The predicted molar refractivity (Wildman–Crippen MR) is 63.2 cm³/mol. The van der Waals surface area contributed by atoms with E-state index in [1.54, 1.807) is 0 Å². The van der Waals surface area contributed by atoms with Crippen molar-refractivity contribution in [2.45, 2.75) is 51.6 Å². The van der Waals surface area contributed by atoms with Crippen molar-refractivity contribution < 1.29 is 8.78 Å². The van der Waals surface area contributed by atoms with Gasteiger partial charge >= 0.3 is 0 Å². The molecule has 0 fully saturated rings. The van der Waals surface area contributed by atoms with E-state index in [-0.39, 0.29) is 0 Å². The van der Waals surface area contributed by atoms with E-state index >= 15 is 0 Å². The van der Waals surface area contributed by atoms with E-state index in [1.165, 1.54) is 13.0 Å². The molecule has 0 radical (unpaired) electrons. The van der Waals surface area contributed by atoms with Gasteiger partial charge < -0.3 is 5.73 Å². The molecule has 2 atom stereocenters. The van der Waals surface area contributed by atoms with Crippen molar-refractivity contribution in [3.63, 3.8) is 0 Å². The summed E-state index contributed by atoms with van der Waals surface area (Å²) in [5.74, 6) is -1.21. The van der Waals surface area contributed by atoms with Crippen LogP contribution in [0.2, 0.25) is 0 Å². The van der Waals surface area contributed by atoms with E-state index in [0.29, 0.717) is 12.1 Å². The maximum Gasteiger partial charge on any atom is 0.167 e. The fourth-order valence-electron chi connectivity index (χ4n) is 2.14. The van der Waals surface area contributed by atoms with Crippen LogP contribution < -0.4 is 5.73 Å². The number of unbranched alkanes of at least 4 members (excludes halogenated alkanes) is 3. The largest absolute Gasteiger partial charge is 0.402 e. The molecule has 92 valence electrons. The summed E-state index contributed by atoms with van der Waals surface area (Å²) in [6.07, 6.45) is 7.48. The molecule has 1 nitrogen and oxygen atoms in total. The Morgan fingerprint density at radius 3 is 2.62 bits per heavy atom. The number of nitrogens with two attached hydrogens (primary N) is 1. The van der Waals surface area contributed by atoms with Crippen molar-refractivity contribution in [3.8, 4) is 0 Å². The molecule has 3 heteroatoms. The van der Waals surface area contributed by atoms with Crippen molar-refractivity contribution in [3.05, 3.63) is 23.7 Å². The van der Waals surface area contributed by atoms with Gasteiger partial charge in [0.2, 0.25) is 0 Å². The normalized spacial score (nSPS) is 29.9. The van der Waals surface area contributed by atoms with Gasteiger partial charge in [0.05, 0.1) is 0 Å². The minimum Gasteiger partial charge on any atom is -0.402 e. The molecule has 1 aliphatic rings. The Morgan fingerprint density at radius 2 is 2.00 bits per heavy atom. The number of hydrogen-bond donors (Lipinski definition) is 1. The van der Waals surface area contributed by atoms with E-state index in [2.05, 4.69) is 6.92 Å². The zero-order valence-electron chi connectivity index (χ0n) is 10.1. The SMILES string of the molecule is CCCCCCC1C(N)=CC=C(F)C1(C)F. The molecule has 0 saturated carbocycles. The summed E-state index contributed by atoms with van der Waals surface area (Å²) in [5.41, 5.74) is 4.28. The predicted octanol–water partition coefficient (Wildman–Crippen LogP) is 4.01. The molecule has 0 aliphatic heterocycles. The summed E-state index contributed by atoms with van der Waals surface area (Å²) in [6, 6.07) is 0. The highest BCUT2D eigenvalue weighted by Gasteiger charge is 2.41. The van der Waals surface area contributed by atoms with Crippen LogP contribution in [-0.4, -0.2) is 5.67 Å². The molecule has 0 saturated heterocycles. The summed E-state index contributed by atoms with van der Waals surface area (Å²) in [7, 11) is 0. The second-order valence-corrected chi connectivity index (χ2v) is 4.66. The number of alkyl halides is 1. The third kappa shape index (κ3) is 2.83. The van der Waals surface area contributed by atoms with Crippen LogP contribution >= 0.6 is 0 Å². The van der Waals surface area contributed by atoms with Crippen LogP contribution in [0.25, 0.3) is 0 Å². The van der Waals surface area contributed by atoms with Gasteiger partial charge in [0.1, 0.15) is 5.83 Å². The van der Waals surface area contributed by atoms with Crippen LogP contribution in [0.4, 0.5) is 8.78 Å². The van der Waals surface area contributed by atoms with Crippen LogP contribution in [0.5, 0.6) is 0 Å². The molecular weight excluding hydrogens is 208 g/mol. The fourth-order valence-corrected chi connectivity index (χ4v) is 2.14. The summed E-state index contributed by atoms with van der Waals surface area (Å²) < 4.78 is 27.5. The third-order valence-corrected chi connectivity index (χ3v) is 3.29. The lowest BCUT2D eigenvalue weighted by Crippen LogP contribution is -2.36. The topological polar surface area (TPSA) is 26.0 Å². The Hall–Kier alpha value is -0.860. The highest BCUT2D eigenvalue weighted by atomic mass is 19.2. The second-order valence-electron chi connectivity index (χ2n) is 4.66. The van der Waals surface area contributed by atoms with E-state index in [1.807, 2.05) is 0 Å². The van der Waals surface area contributed by atoms with Gasteiger partial charge in [-0.3, -0.25) is 0 Å². The maximum atomic E-state index is 14.1. The summed E-state index contributed by atoms with van der Waals surface area (Å²) in [5, 5.41) is 0. The van der Waals surface area contributed by atoms with Crippen LogP contribution in [0.15, 0.2) is 23.7 Å². The van der Waals surface area contributed by atoms with Crippen molar-refractivity contribution in [2.24, 2.45) is 11.7 Å². The molecule has 0 aromatic rings. The third-order valence-electron chi connectivity index (χ3n) is 3.29. The van der Waals surface area contributed by atoms with Gasteiger partial charge in [-0.15, -0.1) is 0 Å². The molecule has 0 amide bonds. The van der Waals surface area contributed by atoms with Gasteiger partial charge in [0.25, 0.3) is 0 Å². The van der Waals surface area contributed by atoms with Gasteiger partial charge in [-0.25, -0.2) is 8.78 Å². The average molecular weight is 229 g/mol. The molecule has 0 aromatic heterocycles. The van der Waals surface area contributed by atoms with Crippen molar-refractivity contribution in [1.29, 1.82) is 0 Å². The Balaban J connectivity index is 2.57. The summed E-state index contributed by atoms with van der Waals surface area (Å²) in [4.78, 5) is 0. The minimum absolute atomic E-state index is 0.461. The molecule has 0 spiro atoms. The van der Waals surface area contributed by atoms with Crippen molar-refractivity contribution in [2.75, 3.05) is 0 Å². The van der Waals surface area contributed by atoms with Gasteiger partial charge in [-0.2, -0.15) is 0 Å². The van der Waals surface area contributed by atoms with E-state index in [0.717, 1.165) is 31.8 Å². The lowest BCUT2D eigenvalue weighted by molar-refractivity contribution is 0.123. The molecular formula is C13H21F2N. The minimum atomic E-state index is -1.93. The van der Waals surface area contributed by atoms with Crippen LogP contribution in [0.3, 0.4) is 0 Å². The number of halogens is 2. The Morgan fingerprint density at radius 1 is 1.31 bits per heavy atom. The van der Waals surface area contributed by atoms with Crippen LogP contribution in [-0.2, 0) is 0 Å². The molecule has 2 N–H and O–H groups in total. The highest BCUT2D eigenvalue weighted by Crippen LogP contribution is 2.40. The molecule has 16 heavy (non-hydrogen) atoms. The van der Waals surface area contributed by atoms with Gasteiger partial charge in [0.15, 0.2) is 5.67 Å². The number of rotatable bonds is 5. The first-order valence-corrected chi connectivity index (χ1v) is 6.02. The first-order valence-electron chi connectivity index (χ1n) is 6.02. The monoisotopic (exact) mass is 229 g/mol. The lowest BCUT2D eigenvalue weighted by Gasteiger charge is -2.32. The summed E-state index contributed by atoms with van der Waals surface area (Å²) >= 11 is 0. The molecule has 0 heterocycles. The van der Waals surface area contributed by atoms with Gasteiger partial charge in [0, 0.05) is 11.6 Å². The highest BCUT2D eigenvalue weighted by molar-refractivity contribution is 5.30. The first-order chi connectivity index (χ1) is 7.50. The standard InChI is InChI=1S/C13H21F2N/c1-3-4-5-6-7-10-11(16)8-9-12(14)13(10,2)15/h8-10H,3-7,16H2,1-2H3. The quantitative estimate of drug-likeness (QED) is 0.708. The molecule has 0 aromatic carbocycles. The zero-order chi connectivity index (χ0) is 12.2. The Labute approximate surface area is 96.4 Å². The summed E-state index contributed by atoms with van der Waals surface area (Å²) in [6.45, 7) is 3.40.